The first-order valence-electron chi connectivity index (χ1n) is 6.82. The molecule has 10 heteroatoms. The molecule has 0 heterocycles. The second-order valence-electron chi connectivity index (χ2n) is 4.89. The van der Waals surface area contributed by atoms with Gasteiger partial charge < -0.3 is 9.84 Å². The van der Waals surface area contributed by atoms with E-state index in [-0.39, 0.29) is 27.8 Å². The van der Waals surface area contributed by atoms with E-state index in [0.717, 1.165) is 24.3 Å². The number of alkyl halides is 3. The maximum absolute atomic E-state index is 12.6. The predicted molar refractivity (Wildman–Crippen MR) is 86.3 cm³/mol. The molecule has 0 aliphatic carbocycles. The van der Waals surface area contributed by atoms with Crippen molar-refractivity contribution in [2.75, 3.05) is 0 Å². The Morgan fingerprint density at radius 1 is 1.23 bits per heavy atom. The first-order chi connectivity index (χ1) is 12.1. The van der Waals surface area contributed by atoms with Gasteiger partial charge >= 0.3 is 12.1 Å². The largest absolute Gasteiger partial charge is 0.478 e. The SMILES string of the molecule is O=C(O)C=Cc1cc(Oc2ccc(C(F)(F)F)cc2Cl)ccc1[N+](=O)[O-]. The van der Waals surface area contributed by atoms with Gasteiger partial charge in [0.15, 0.2) is 0 Å². The van der Waals surface area contributed by atoms with Crippen molar-refractivity contribution < 1.29 is 32.7 Å². The van der Waals surface area contributed by atoms with Gasteiger partial charge in [0.05, 0.1) is 21.1 Å². The molecule has 6 nitrogen and oxygen atoms in total. The fourth-order valence-corrected chi connectivity index (χ4v) is 2.16. The summed E-state index contributed by atoms with van der Waals surface area (Å²) in [4.78, 5) is 20.9. The van der Waals surface area contributed by atoms with E-state index in [4.69, 9.17) is 21.4 Å². The number of halogens is 4. The molecule has 0 aliphatic heterocycles. The van der Waals surface area contributed by atoms with Crippen molar-refractivity contribution in [3.8, 4) is 11.5 Å². The van der Waals surface area contributed by atoms with Gasteiger partial charge in [0.2, 0.25) is 0 Å². The highest BCUT2D eigenvalue weighted by atomic mass is 35.5. The van der Waals surface area contributed by atoms with Crippen molar-refractivity contribution in [1.82, 2.24) is 0 Å². The summed E-state index contributed by atoms with van der Waals surface area (Å²) in [6.45, 7) is 0. The topological polar surface area (TPSA) is 89.7 Å². The summed E-state index contributed by atoms with van der Waals surface area (Å²) < 4.78 is 43.2. The third kappa shape index (κ3) is 4.73. The van der Waals surface area contributed by atoms with Gasteiger partial charge in [-0.25, -0.2) is 4.79 Å². The van der Waals surface area contributed by atoms with Crippen LogP contribution in [0.3, 0.4) is 0 Å². The summed E-state index contributed by atoms with van der Waals surface area (Å²) in [5.74, 6) is -1.37. The summed E-state index contributed by atoms with van der Waals surface area (Å²) in [5.41, 5.74) is -1.38. The average Bonchev–Trinajstić information content (AvgIpc) is 2.53. The maximum atomic E-state index is 12.6. The molecule has 0 bridgehead atoms. The van der Waals surface area contributed by atoms with Crippen LogP contribution in [0.4, 0.5) is 18.9 Å². The highest BCUT2D eigenvalue weighted by Gasteiger charge is 2.31. The summed E-state index contributed by atoms with van der Waals surface area (Å²) in [6.07, 6.45) is -2.86. The number of carboxylic acid groups (broad SMARTS) is 1. The fraction of sp³-hybridized carbons (Fsp3) is 0.0625. The monoisotopic (exact) mass is 387 g/mol. The molecule has 1 N–H and O–H groups in total. The van der Waals surface area contributed by atoms with Crippen LogP contribution in [0.25, 0.3) is 6.08 Å². The van der Waals surface area contributed by atoms with E-state index in [1.54, 1.807) is 0 Å². The van der Waals surface area contributed by atoms with Crippen LogP contribution in [-0.2, 0) is 11.0 Å². The van der Waals surface area contributed by atoms with Crippen LogP contribution in [0, 0.1) is 10.1 Å². The Morgan fingerprint density at radius 3 is 2.46 bits per heavy atom. The molecule has 0 saturated heterocycles. The van der Waals surface area contributed by atoms with Gasteiger partial charge in [-0.15, -0.1) is 0 Å². The van der Waals surface area contributed by atoms with E-state index < -0.39 is 22.6 Å². The van der Waals surface area contributed by atoms with Gasteiger partial charge in [0.1, 0.15) is 11.5 Å². The normalized spacial score (nSPS) is 11.5. The zero-order chi connectivity index (χ0) is 19.5. The maximum Gasteiger partial charge on any atom is 0.416 e. The number of nitro groups is 1. The van der Waals surface area contributed by atoms with E-state index in [2.05, 4.69) is 0 Å². The van der Waals surface area contributed by atoms with Gasteiger partial charge in [-0.2, -0.15) is 13.2 Å². The standard InChI is InChI=1S/C16H9ClF3NO5/c17-12-8-10(16(18,19)20)2-5-14(12)26-11-3-4-13(21(24)25)9(7-11)1-6-15(22)23/h1-8H,(H,22,23). The Balaban J connectivity index is 2.37. The van der Waals surface area contributed by atoms with E-state index in [1.807, 2.05) is 0 Å². The van der Waals surface area contributed by atoms with Gasteiger partial charge in [0.25, 0.3) is 5.69 Å². The quantitative estimate of drug-likeness (QED) is 0.435. The molecule has 0 unspecified atom stereocenters. The molecule has 0 aliphatic rings. The molecule has 2 aromatic carbocycles. The molecule has 0 radical (unpaired) electrons. The van der Waals surface area contributed by atoms with Crippen LogP contribution < -0.4 is 4.74 Å². The van der Waals surface area contributed by atoms with Gasteiger partial charge in [-0.05, 0) is 36.4 Å². The van der Waals surface area contributed by atoms with E-state index in [9.17, 15) is 28.1 Å². The van der Waals surface area contributed by atoms with Crippen molar-refractivity contribution in [3.63, 3.8) is 0 Å². The number of ether oxygens (including phenoxy) is 1. The Bertz CT molecular complexity index is 896. The van der Waals surface area contributed by atoms with Crippen molar-refractivity contribution in [2.45, 2.75) is 6.18 Å². The van der Waals surface area contributed by atoms with Crippen molar-refractivity contribution in [3.05, 3.63) is 68.7 Å². The van der Waals surface area contributed by atoms with Crippen LogP contribution in [0.1, 0.15) is 11.1 Å². The zero-order valence-corrected chi connectivity index (χ0v) is 13.4. The minimum Gasteiger partial charge on any atom is -0.478 e. The summed E-state index contributed by atoms with van der Waals surface area (Å²) >= 11 is 5.78. The summed E-state index contributed by atoms with van der Waals surface area (Å²) in [7, 11) is 0. The van der Waals surface area contributed by atoms with Crippen molar-refractivity contribution in [2.24, 2.45) is 0 Å². The van der Waals surface area contributed by atoms with Crippen LogP contribution in [0.15, 0.2) is 42.5 Å². The number of nitrogens with zero attached hydrogens (tertiary/aromatic N) is 1. The van der Waals surface area contributed by atoms with Gasteiger partial charge in [-0.1, -0.05) is 11.6 Å². The summed E-state index contributed by atoms with van der Waals surface area (Å²) in [5, 5.41) is 19.3. The van der Waals surface area contributed by atoms with Crippen LogP contribution in [0.5, 0.6) is 11.5 Å². The van der Waals surface area contributed by atoms with Crippen LogP contribution in [0.2, 0.25) is 5.02 Å². The number of carbonyl (C=O) groups is 1. The number of hydrogen-bond acceptors (Lipinski definition) is 4. The number of nitro benzene ring substituents is 1. The smallest absolute Gasteiger partial charge is 0.416 e. The zero-order valence-electron chi connectivity index (χ0n) is 12.7. The highest BCUT2D eigenvalue weighted by Crippen LogP contribution is 2.37. The number of aliphatic carboxylic acids is 1. The Morgan fingerprint density at radius 2 is 1.92 bits per heavy atom. The van der Waals surface area contributed by atoms with Crippen molar-refractivity contribution >= 4 is 29.3 Å². The minimum absolute atomic E-state index is 0.0299. The molecular weight excluding hydrogens is 379 g/mol. The lowest BCUT2D eigenvalue weighted by molar-refractivity contribution is -0.385. The van der Waals surface area contributed by atoms with E-state index in [1.165, 1.54) is 12.1 Å². The highest BCUT2D eigenvalue weighted by molar-refractivity contribution is 6.32. The molecule has 0 atom stereocenters. The molecule has 2 aromatic rings. The molecule has 26 heavy (non-hydrogen) atoms. The van der Waals surface area contributed by atoms with Gasteiger partial charge in [0, 0.05) is 12.1 Å². The molecule has 0 aromatic heterocycles. The Kier molecular flexibility index (Phi) is 5.51. The van der Waals surface area contributed by atoms with Crippen LogP contribution in [-0.4, -0.2) is 16.0 Å². The molecule has 136 valence electrons. The van der Waals surface area contributed by atoms with Crippen LogP contribution >= 0.6 is 11.6 Å². The molecule has 2 rings (SSSR count). The predicted octanol–water partition coefficient (Wildman–Crippen LogP) is 5.16. The Labute approximate surface area is 149 Å². The number of benzene rings is 2. The first kappa shape index (κ1) is 19.3. The molecule has 0 fully saturated rings. The lowest BCUT2D eigenvalue weighted by atomic mass is 10.1. The van der Waals surface area contributed by atoms with E-state index in [0.29, 0.717) is 12.1 Å². The second kappa shape index (κ2) is 7.44. The fourth-order valence-electron chi connectivity index (χ4n) is 1.94. The minimum atomic E-state index is -4.57. The van der Waals surface area contributed by atoms with E-state index >= 15 is 0 Å². The molecule has 0 saturated carbocycles. The average molecular weight is 388 g/mol. The lowest BCUT2D eigenvalue weighted by Gasteiger charge is -2.11. The third-order valence-corrected chi connectivity index (χ3v) is 3.38. The third-order valence-electron chi connectivity index (χ3n) is 3.09. The molecule has 0 spiro atoms. The second-order valence-corrected chi connectivity index (χ2v) is 5.30. The van der Waals surface area contributed by atoms with Gasteiger partial charge in [-0.3, -0.25) is 10.1 Å². The summed E-state index contributed by atoms with van der Waals surface area (Å²) in [6, 6.07) is 5.94. The Hall–Kier alpha value is -3.07. The number of carboxylic acids is 1. The molecular formula is C16H9ClF3NO5. The number of rotatable bonds is 5. The first-order valence-corrected chi connectivity index (χ1v) is 7.20. The number of hydrogen-bond donors (Lipinski definition) is 1. The molecule has 0 amide bonds. The van der Waals surface area contributed by atoms with Crippen molar-refractivity contribution in [1.29, 1.82) is 0 Å². The lowest BCUT2D eigenvalue weighted by Crippen LogP contribution is -2.04.